The third kappa shape index (κ3) is 4.33. The zero-order valence-corrected chi connectivity index (χ0v) is 15.9. The first-order chi connectivity index (χ1) is 11.6. The molecule has 0 heterocycles. The molecule has 4 bridgehead atoms. The lowest BCUT2D eigenvalue weighted by Crippen LogP contribution is -2.66. The van der Waals surface area contributed by atoms with Crippen molar-refractivity contribution >= 4 is 5.91 Å². The van der Waals surface area contributed by atoms with E-state index in [0.29, 0.717) is 0 Å². The molecule has 3 nitrogen and oxygen atoms in total. The summed E-state index contributed by atoms with van der Waals surface area (Å²) in [6, 6.07) is 0.725. The minimum Gasteiger partial charge on any atom is -0.351 e. The highest BCUT2D eigenvalue weighted by Gasteiger charge is 2.55. The first-order valence-corrected chi connectivity index (χ1v) is 10.6. The Hall–Kier alpha value is -0.570. The highest BCUT2D eigenvalue weighted by Crippen LogP contribution is 2.55. The number of hydrogen-bond acceptors (Lipinski definition) is 2. The standard InChI is InChI=1S/C21H38N2O/c1-3-4-5-6-7-8-9-10-22-20-18-11-17-12-19(20)15-21(13-17,14-18)23-16(2)24/h17-20,22H,3-15H2,1-2H3,(H,23,24). The van der Waals surface area contributed by atoms with E-state index in [0.717, 1.165) is 23.8 Å². The van der Waals surface area contributed by atoms with Crippen LogP contribution in [0.2, 0.25) is 0 Å². The van der Waals surface area contributed by atoms with Crippen LogP contribution in [0.15, 0.2) is 0 Å². The minimum atomic E-state index is 0.153. The Kier molecular flexibility index (Phi) is 6.23. The molecular weight excluding hydrogens is 296 g/mol. The minimum absolute atomic E-state index is 0.153. The molecule has 4 fully saturated rings. The van der Waals surface area contributed by atoms with Crippen molar-refractivity contribution in [2.75, 3.05) is 6.54 Å². The van der Waals surface area contributed by atoms with Gasteiger partial charge in [-0.05, 0) is 62.8 Å². The van der Waals surface area contributed by atoms with Crippen LogP contribution >= 0.6 is 0 Å². The Morgan fingerprint density at radius 2 is 1.58 bits per heavy atom. The first-order valence-electron chi connectivity index (χ1n) is 10.6. The normalized spacial score (nSPS) is 36.9. The SMILES string of the molecule is CCCCCCCCCNC1C2CC3CC1CC(NC(C)=O)(C3)C2. The quantitative estimate of drug-likeness (QED) is 0.581. The Labute approximate surface area is 148 Å². The molecule has 3 heteroatoms. The van der Waals surface area contributed by atoms with Crippen LogP contribution in [0.3, 0.4) is 0 Å². The van der Waals surface area contributed by atoms with Gasteiger partial charge in [-0.3, -0.25) is 4.79 Å². The predicted octanol–water partition coefficient (Wildman–Crippen LogP) is 4.41. The lowest BCUT2D eigenvalue weighted by Gasteiger charge is -2.60. The van der Waals surface area contributed by atoms with Gasteiger partial charge >= 0.3 is 0 Å². The summed E-state index contributed by atoms with van der Waals surface area (Å²) in [5, 5.41) is 7.27. The molecule has 0 aromatic rings. The molecule has 4 aliphatic carbocycles. The molecule has 0 aromatic heterocycles. The second-order valence-corrected chi connectivity index (χ2v) is 9.03. The van der Waals surface area contributed by atoms with Gasteiger partial charge in [-0.2, -0.15) is 0 Å². The van der Waals surface area contributed by atoms with Gasteiger partial charge < -0.3 is 10.6 Å². The van der Waals surface area contributed by atoms with Crippen molar-refractivity contribution in [2.24, 2.45) is 17.8 Å². The summed E-state index contributed by atoms with van der Waals surface area (Å²) < 4.78 is 0. The molecule has 4 aliphatic rings. The summed E-state index contributed by atoms with van der Waals surface area (Å²) in [6.07, 6.45) is 16.2. The summed E-state index contributed by atoms with van der Waals surface area (Å²) in [6.45, 7) is 5.17. The van der Waals surface area contributed by atoms with Crippen LogP contribution in [-0.4, -0.2) is 24.0 Å². The van der Waals surface area contributed by atoms with Gasteiger partial charge in [0.05, 0.1) is 0 Å². The summed E-state index contributed by atoms with van der Waals surface area (Å²) in [5.74, 6) is 2.64. The number of rotatable bonds is 10. The number of hydrogen-bond donors (Lipinski definition) is 2. The summed E-state index contributed by atoms with van der Waals surface area (Å²) in [4.78, 5) is 11.6. The predicted molar refractivity (Wildman–Crippen MR) is 99.9 cm³/mol. The van der Waals surface area contributed by atoms with Crippen LogP contribution in [0.4, 0.5) is 0 Å². The van der Waals surface area contributed by atoms with Gasteiger partial charge in [0.25, 0.3) is 0 Å². The van der Waals surface area contributed by atoms with Crippen molar-refractivity contribution < 1.29 is 4.79 Å². The maximum atomic E-state index is 11.6. The molecular formula is C21H38N2O. The zero-order chi connectivity index (χ0) is 17.0. The van der Waals surface area contributed by atoms with E-state index in [1.807, 2.05) is 0 Å². The molecule has 0 saturated heterocycles. The molecule has 138 valence electrons. The van der Waals surface area contributed by atoms with E-state index < -0.39 is 0 Å². The maximum absolute atomic E-state index is 11.6. The van der Waals surface area contributed by atoms with Gasteiger partial charge in [-0.25, -0.2) is 0 Å². The summed E-state index contributed by atoms with van der Waals surface area (Å²) in [5.41, 5.74) is 0.153. The largest absolute Gasteiger partial charge is 0.351 e. The van der Waals surface area contributed by atoms with Gasteiger partial charge in [-0.15, -0.1) is 0 Å². The molecule has 2 N–H and O–H groups in total. The van der Waals surface area contributed by atoms with Crippen LogP contribution < -0.4 is 10.6 Å². The van der Waals surface area contributed by atoms with Crippen molar-refractivity contribution in [2.45, 2.75) is 102 Å². The van der Waals surface area contributed by atoms with Crippen LogP contribution in [0.1, 0.15) is 90.9 Å². The van der Waals surface area contributed by atoms with E-state index in [1.165, 1.54) is 83.6 Å². The average molecular weight is 335 g/mol. The third-order valence-electron chi connectivity index (χ3n) is 6.87. The van der Waals surface area contributed by atoms with Gasteiger partial charge in [0.1, 0.15) is 0 Å². The monoisotopic (exact) mass is 334 g/mol. The Morgan fingerprint density at radius 3 is 2.21 bits per heavy atom. The second kappa shape index (κ2) is 8.21. The first kappa shape index (κ1) is 18.2. The van der Waals surface area contributed by atoms with E-state index in [4.69, 9.17) is 0 Å². The lowest BCUT2D eigenvalue weighted by atomic mass is 9.51. The van der Waals surface area contributed by atoms with E-state index in [9.17, 15) is 4.79 Å². The fourth-order valence-electron chi connectivity index (χ4n) is 6.23. The summed E-state index contributed by atoms with van der Waals surface area (Å²) >= 11 is 0. The molecule has 4 rings (SSSR count). The number of carbonyl (C=O) groups is 1. The third-order valence-corrected chi connectivity index (χ3v) is 6.87. The number of carbonyl (C=O) groups excluding carboxylic acids is 1. The van der Waals surface area contributed by atoms with E-state index in [-0.39, 0.29) is 11.4 Å². The Morgan fingerprint density at radius 1 is 0.958 bits per heavy atom. The number of unbranched alkanes of at least 4 members (excludes halogenated alkanes) is 6. The Bertz CT molecular complexity index is 406. The van der Waals surface area contributed by atoms with Gasteiger partial charge in [-0.1, -0.05) is 45.4 Å². The molecule has 1 amide bonds. The highest BCUT2D eigenvalue weighted by molar-refractivity contribution is 5.74. The molecule has 24 heavy (non-hydrogen) atoms. The van der Waals surface area contributed by atoms with Gasteiger partial charge in [0, 0.05) is 18.5 Å². The topological polar surface area (TPSA) is 41.1 Å². The second-order valence-electron chi connectivity index (χ2n) is 9.03. The van der Waals surface area contributed by atoms with Crippen molar-refractivity contribution in [3.8, 4) is 0 Å². The highest BCUT2D eigenvalue weighted by atomic mass is 16.1. The van der Waals surface area contributed by atoms with Crippen molar-refractivity contribution in [3.05, 3.63) is 0 Å². The molecule has 0 radical (unpaired) electrons. The number of nitrogens with one attached hydrogen (secondary N) is 2. The van der Waals surface area contributed by atoms with Crippen LogP contribution in [-0.2, 0) is 4.79 Å². The van der Waals surface area contributed by atoms with E-state index in [1.54, 1.807) is 6.92 Å². The van der Waals surface area contributed by atoms with E-state index >= 15 is 0 Å². The molecule has 0 aliphatic heterocycles. The number of amides is 1. The van der Waals surface area contributed by atoms with Crippen LogP contribution in [0.5, 0.6) is 0 Å². The smallest absolute Gasteiger partial charge is 0.217 e. The van der Waals surface area contributed by atoms with Crippen molar-refractivity contribution in [1.29, 1.82) is 0 Å². The molecule has 4 saturated carbocycles. The molecule has 2 unspecified atom stereocenters. The summed E-state index contributed by atoms with van der Waals surface area (Å²) in [7, 11) is 0. The van der Waals surface area contributed by atoms with Crippen LogP contribution in [0, 0.1) is 17.8 Å². The van der Waals surface area contributed by atoms with Gasteiger partial charge in [0.15, 0.2) is 0 Å². The maximum Gasteiger partial charge on any atom is 0.217 e. The Balaban J connectivity index is 1.39. The zero-order valence-electron chi connectivity index (χ0n) is 15.9. The molecule has 0 aromatic carbocycles. The van der Waals surface area contributed by atoms with Crippen molar-refractivity contribution in [1.82, 2.24) is 10.6 Å². The molecule has 0 spiro atoms. The van der Waals surface area contributed by atoms with Crippen LogP contribution in [0.25, 0.3) is 0 Å². The lowest BCUT2D eigenvalue weighted by molar-refractivity contribution is -0.125. The van der Waals surface area contributed by atoms with Crippen molar-refractivity contribution in [3.63, 3.8) is 0 Å². The van der Waals surface area contributed by atoms with Gasteiger partial charge in [0.2, 0.25) is 5.91 Å². The molecule has 2 atom stereocenters. The van der Waals surface area contributed by atoms with E-state index in [2.05, 4.69) is 17.6 Å². The fraction of sp³-hybridized carbons (Fsp3) is 0.952. The average Bonchev–Trinajstić information content (AvgIpc) is 2.50. The fourth-order valence-corrected chi connectivity index (χ4v) is 6.23.